The van der Waals surface area contributed by atoms with Gasteiger partial charge in [-0.15, -0.1) is 0 Å². The molecule has 1 aromatic carbocycles. The monoisotopic (exact) mass is 284 g/mol. The first kappa shape index (κ1) is 13.9. The number of fused-ring (bicyclic) bond motifs is 1. The predicted octanol–water partition coefficient (Wildman–Crippen LogP) is 3.31. The van der Waals surface area contributed by atoms with Crippen molar-refractivity contribution in [3.05, 3.63) is 36.0 Å². The van der Waals surface area contributed by atoms with Gasteiger partial charge >= 0.3 is 0 Å². The number of carbonyl (C=O) groups is 1. The number of rotatable bonds is 3. The number of pyridine rings is 1. The highest BCUT2D eigenvalue weighted by Gasteiger charge is 2.17. The summed E-state index contributed by atoms with van der Waals surface area (Å²) in [6.07, 6.45) is 7.51. The Hall–Kier alpha value is -2.10. The molecule has 1 fully saturated rings. The van der Waals surface area contributed by atoms with Gasteiger partial charge in [0.25, 0.3) is 5.91 Å². The van der Waals surface area contributed by atoms with E-state index in [1.54, 1.807) is 13.3 Å². The van der Waals surface area contributed by atoms with Crippen LogP contribution in [0, 0.1) is 0 Å². The Balaban J connectivity index is 1.78. The summed E-state index contributed by atoms with van der Waals surface area (Å²) in [6, 6.07) is 7.89. The van der Waals surface area contributed by atoms with Crippen LogP contribution in [-0.2, 0) is 0 Å². The highest BCUT2D eigenvalue weighted by Crippen LogP contribution is 2.21. The molecule has 3 rings (SSSR count). The summed E-state index contributed by atoms with van der Waals surface area (Å²) < 4.78 is 5.18. The molecule has 21 heavy (non-hydrogen) atoms. The van der Waals surface area contributed by atoms with Crippen LogP contribution in [0.2, 0.25) is 0 Å². The third kappa shape index (κ3) is 3.15. The zero-order chi connectivity index (χ0) is 14.7. The highest BCUT2D eigenvalue weighted by molar-refractivity contribution is 5.97. The molecule has 4 heteroatoms. The summed E-state index contributed by atoms with van der Waals surface area (Å²) in [6.45, 7) is 0. The van der Waals surface area contributed by atoms with E-state index in [4.69, 9.17) is 4.74 Å². The Kier molecular flexibility index (Phi) is 4.04. The van der Waals surface area contributed by atoms with E-state index in [2.05, 4.69) is 10.3 Å². The maximum Gasteiger partial charge on any atom is 0.253 e. The average molecular weight is 284 g/mol. The van der Waals surface area contributed by atoms with Crippen LogP contribution in [0.5, 0.6) is 5.75 Å². The van der Waals surface area contributed by atoms with Gasteiger partial charge in [0, 0.05) is 23.7 Å². The molecule has 1 aliphatic carbocycles. The van der Waals surface area contributed by atoms with Gasteiger partial charge in [0.1, 0.15) is 5.75 Å². The second-order valence-electron chi connectivity index (χ2n) is 5.59. The van der Waals surface area contributed by atoms with Crippen molar-refractivity contribution in [3.8, 4) is 5.75 Å². The minimum atomic E-state index is -0.0212. The fourth-order valence-electron chi connectivity index (χ4n) is 2.87. The van der Waals surface area contributed by atoms with Crippen molar-refractivity contribution < 1.29 is 9.53 Å². The number of aromatic nitrogens is 1. The number of hydrogen-bond acceptors (Lipinski definition) is 3. The number of hydrogen-bond donors (Lipinski definition) is 1. The molecule has 4 nitrogen and oxygen atoms in total. The molecule has 1 N–H and O–H groups in total. The molecule has 0 spiro atoms. The summed E-state index contributed by atoms with van der Waals surface area (Å²) in [5.41, 5.74) is 1.46. The standard InChI is InChI=1S/C17H20N2O2/c1-21-15-8-7-12-9-13(11-18-16(12)10-15)17(20)19-14-5-3-2-4-6-14/h7-11,14H,2-6H2,1H3,(H,19,20). The molecule has 1 saturated carbocycles. The van der Waals surface area contributed by atoms with Crippen molar-refractivity contribution in [3.63, 3.8) is 0 Å². The van der Waals surface area contributed by atoms with Crippen LogP contribution in [0.25, 0.3) is 10.9 Å². The van der Waals surface area contributed by atoms with Crippen LogP contribution in [0.3, 0.4) is 0 Å². The van der Waals surface area contributed by atoms with E-state index in [9.17, 15) is 4.79 Å². The lowest BCUT2D eigenvalue weighted by Crippen LogP contribution is -2.36. The van der Waals surface area contributed by atoms with Gasteiger partial charge in [0.15, 0.2) is 0 Å². The first-order valence-electron chi connectivity index (χ1n) is 7.51. The molecule has 0 unspecified atom stereocenters. The van der Waals surface area contributed by atoms with Crippen LogP contribution < -0.4 is 10.1 Å². The van der Waals surface area contributed by atoms with Crippen LogP contribution in [0.1, 0.15) is 42.5 Å². The van der Waals surface area contributed by atoms with E-state index in [-0.39, 0.29) is 5.91 Å². The van der Waals surface area contributed by atoms with Gasteiger partial charge in [0.2, 0.25) is 0 Å². The SMILES string of the molecule is COc1ccc2cc(C(=O)NC3CCCCC3)cnc2c1. The summed E-state index contributed by atoms with van der Waals surface area (Å²) >= 11 is 0. The molecule has 110 valence electrons. The number of nitrogens with one attached hydrogen (secondary N) is 1. The minimum absolute atomic E-state index is 0.0212. The first-order valence-corrected chi connectivity index (χ1v) is 7.51. The van der Waals surface area contributed by atoms with Gasteiger partial charge in [-0.1, -0.05) is 19.3 Å². The van der Waals surface area contributed by atoms with Crippen molar-refractivity contribution in [1.82, 2.24) is 10.3 Å². The molecule has 1 heterocycles. The summed E-state index contributed by atoms with van der Waals surface area (Å²) in [5, 5.41) is 4.07. The Morgan fingerprint density at radius 3 is 2.81 bits per heavy atom. The molecule has 1 amide bonds. The molecule has 1 aromatic heterocycles. The average Bonchev–Trinajstić information content (AvgIpc) is 2.54. The van der Waals surface area contributed by atoms with Crippen molar-refractivity contribution in [2.75, 3.05) is 7.11 Å². The maximum atomic E-state index is 12.3. The maximum absolute atomic E-state index is 12.3. The normalized spacial score (nSPS) is 15.9. The van der Waals surface area contributed by atoms with Gasteiger partial charge in [-0.3, -0.25) is 9.78 Å². The van der Waals surface area contributed by atoms with Gasteiger partial charge in [-0.2, -0.15) is 0 Å². The fourth-order valence-corrected chi connectivity index (χ4v) is 2.87. The van der Waals surface area contributed by atoms with Crippen molar-refractivity contribution in [2.24, 2.45) is 0 Å². The smallest absolute Gasteiger partial charge is 0.253 e. The van der Waals surface area contributed by atoms with E-state index in [1.165, 1.54) is 19.3 Å². The van der Waals surface area contributed by atoms with Crippen LogP contribution in [0.15, 0.2) is 30.5 Å². The number of methoxy groups -OCH3 is 1. The Morgan fingerprint density at radius 1 is 1.24 bits per heavy atom. The largest absolute Gasteiger partial charge is 0.497 e. The van der Waals surface area contributed by atoms with E-state index in [0.29, 0.717) is 11.6 Å². The van der Waals surface area contributed by atoms with E-state index < -0.39 is 0 Å². The lowest BCUT2D eigenvalue weighted by atomic mass is 9.95. The molecule has 0 atom stereocenters. The molecular formula is C17H20N2O2. The minimum Gasteiger partial charge on any atom is -0.497 e. The van der Waals surface area contributed by atoms with Crippen LogP contribution in [0.4, 0.5) is 0 Å². The van der Waals surface area contributed by atoms with E-state index in [0.717, 1.165) is 29.5 Å². The molecule has 0 bridgehead atoms. The van der Waals surface area contributed by atoms with Gasteiger partial charge in [-0.25, -0.2) is 0 Å². The number of carbonyl (C=O) groups excluding carboxylic acids is 1. The zero-order valence-corrected chi connectivity index (χ0v) is 12.3. The van der Waals surface area contributed by atoms with Crippen molar-refractivity contribution in [2.45, 2.75) is 38.1 Å². The van der Waals surface area contributed by atoms with Crippen molar-refractivity contribution in [1.29, 1.82) is 0 Å². The number of nitrogens with zero attached hydrogens (tertiary/aromatic N) is 1. The van der Waals surface area contributed by atoms with Crippen LogP contribution >= 0.6 is 0 Å². The van der Waals surface area contributed by atoms with Gasteiger partial charge < -0.3 is 10.1 Å². The second kappa shape index (κ2) is 6.12. The fraction of sp³-hybridized carbons (Fsp3) is 0.412. The third-order valence-electron chi connectivity index (χ3n) is 4.09. The molecule has 0 radical (unpaired) electrons. The Labute approximate surface area is 124 Å². The third-order valence-corrected chi connectivity index (χ3v) is 4.09. The summed E-state index contributed by atoms with van der Waals surface area (Å²) in [4.78, 5) is 16.7. The molecule has 1 aliphatic rings. The molecule has 0 aliphatic heterocycles. The van der Waals surface area contributed by atoms with Gasteiger partial charge in [-0.05, 0) is 31.0 Å². The van der Waals surface area contributed by atoms with Crippen LogP contribution in [-0.4, -0.2) is 24.0 Å². The Morgan fingerprint density at radius 2 is 2.05 bits per heavy atom. The Bertz CT molecular complexity index is 648. The van der Waals surface area contributed by atoms with Crippen molar-refractivity contribution >= 4 is 16.8 Å². The molecule has 2 aromatic rings. The van der Waals surface area contributed by atoms with Gasteiger partial charge in [0.05, 0.1) is 18.2 Å². The molecule has 0 saturated heterocycles. The number of benzene rings is 1. The topological polar surface area (TPSA) is 51.2 Å². The second-order valence-corrected chi connectivity index (χ2v) is 5.59. The quantitative estimate of drug-likeness (QED) is 0.940. The summed E-state index contributed by atoms with van der Waals surface area (Å²) in [5.74, 6) is 0.751. The number of ether oxygens (including phenoxy) is 1. The lowest BCUT2D eigenvalue weighted by Gasteiger charge is -2.22. The number of amides is 1. The first-order chi connectivity index (χ1) is 10.3. The summed E-state index contributed by atoms with van der Waals surface area (Å²) in [7, 11) is 1.63. The van der Waals surface area contributed by atoms with E-state index in [1.807, 2.05) is 24.3 Å². The lowest BCUT2D eigenvalue weighted by molar-refractivity contribution is 0.0927. The predicted molar refractivity (Wildman–Crippen MR) is 82.6 cm³/mol. The zero-order valence-electron chi connectivity index (χ0n) is 12.3. The van der Waals surface area contributed by atoms with E-state index >= 15 is 0 Å². The molecular weight excluding hydrogens is 264 g/mol. The highest BCUT2D eigenvalue weighted by atomic mass is 16.5.